The fraction of sp³-hybridized carbons (Fsp3) is 0.556. The zero-order chi connectivity index (χ0) is 14.3. The van der Waals surface area contributed by atoms with Crippen molar-refractivity contribution >= 4 is 21.4 Å². The van der Waals surface area contributed by atoms with E-state index in [1.165, 1.54) is 67.3 Å². The summed E-state index contributed by atoms with van der Waals surface area (Å²) in [4.78, 5) is 2.72. The van der Waals surface area contributed by atoms with Gasteiger partial charge < -0.3 is 5.73 Å². The predicted octanol–water partition coefficient (Wildman–Crippen LogP) is 4.31. The first-order valence-electron chi connectivity index (χ1n) is 8.28. The third-order valence-corrected chi connectivity index (χ3v) is 6.61. The van der Waals surface area contributed by atoms with Gasteiger partial charge in [-0.2, -0.15) is 0 Å². The lowest BCUT2D eigenvalue weighted by molar-refractivity contribution is 0.0927. The minimum absolute atomic E-state index is 0.153. The fourth-order valence-corrected chi connectivity index (χ4v) is 5.48. The first kappa shape index (κ1) is 13.7. The molecule has 21 heavy (non-hydrogen) atoms. The van der Waals surface area contributed by atoms with Crippen molar-refractivity contribution in [3.05, 3.63) is 35.2 Å². The molecule has 2 aliphatic rings. The van der Waals surface area contributed by atoms with E-state index < -0.39 is 0 Å². The quantitative estimate of drug-likeness (QED) is 0.915. The van der Waals surface area contributed by atoms with Gasteiger partial charge in [0.2, 0.25) is 0 Å². The molecule has 2 fully saturated rings. The highest BCUT2D eigenvalue weighted by atomic mass is 32.1. The summed E-state index contributed by atoms with van der Waals surface area (Å²) in [6, 6.07) is 9.02. The summed E-state index contributed by atoms with van der Waals surface area (Å²) in [7, 11) is 0. The van der Waals surface area contributed by atoms with Crippen LogP contribution in [0.4, 0.5) is 0 Å². The third-order valence-electron chi connectivity index (χ3n) is 5.63. The monoisotopic (exact) mass is 300 g/mol. The largest absolute Gasteiger partial charge is 0.322 e. The number of hydrogen-bond donors (Lipinski definition) is 1. The van der Waals surface area contributed by atoms with Gasteiger partial charge in [-0.05, 0) is 61.2 Å². The van der Waals surface area contributed by atoms with Gasteiger partial charge in [0.25, 0.3) is 0 Å². The highest BCUT2D eigenvalue weighted by molar-refractivity contribution is 7.17. The average Bonchev–Trinajstić information content (AvgIpc) is 3.24. The van der Waals surface area contributed by atoms with Crippen LogP contribution in [0.5, 0.6) is 0 Å². The standard InChI is InChI=1S/C18H24N2S/c19-17(15-7-5-6-14-8-13-21-16(14)15)18(9-1-2-10-18)20-11-3-4-12-20/h5-8,13,17H,1-4,9-12,19H2. The molecule has 2 nitrogen and oxygen atoms in total. The van der Waals surface area contributed by atoms with Crippen LogP contribution >= 0.6 is 11.3 Å². The van der Waals surface area contributed by atoms with Gasteiger partial charge in [-0.25, -0.2) is 0 Å². The Morgan fingerprint density at radius 3 is 2.57 bits per heavy atom. The molecule has 2 N–H and O–H groups in total. The predicted molar refractivity (Wildman–Crippen MR) is 90.8 cm³/mol. The number of hydrogen-bond acceptors (Lipinski definition) is 3. The van der Waals surface area contributed by atoms with Crippen LogP contribution in [0.25, 0.3) is 10.1 Å². The van der Waals surface area contributed by atoms with E-state index >= 15 is 0 Å². The maximum Gasteiger partial charge on any atom is 0.0496 e. The number of benzene rings is 1. The minimum Gasteiger partial charge on any atom is -0.322 e. The van der Waals surface area contributed by atoms with Gasteiger partial charge in [0, 0.05) is 16.3 Å². The topological polar surface area (TPSA) is 29.3 Å². The second kappa shape index (κ2) is 5.38. The number of rotatable bonds is 3. The number of nitrogens with zero attached hydrogens (tertiary/aromatic N) is 1. The van der Waals surface area contributed by atoms with E-state index in [1.54, 1.807) is 0 Å². The van der Waals surface area contributed by atoms with Crippen LogP contribution < -0.4 is 5.73 Å². The lowest BCUT2D eigenvalue weighted by atomic mass is 9.82. The first-order valence-corrected chi connectivity index (χ1v) is 9.16. The number of fused-ring (bicyclic) bond motifs is 1. The molecule has 1 saturated carbocycles. The fourth-order valence-electron chi connectivity index (χ4n) is 4.52. The molecule has 0 radical (unpaired) electrons. The molecule has 1 atom stereocenters. The van der Waals surface area contributed by atoms with Crippen LogP contribution in [0, 0.1) is 0 Å². The lowest BCUT2D eigenvalue weighted by Crippen LogP contribution is -2.52. The second-order valence-electron chi connectivity index (χ2n) is 6.67. The Bertz CT molecular complexity index is 621. The molecule has 0 bridgehead atoms. The molecule has 0 spiro atoms. The van der Waals surface area contributed by atoms with E-state index in [0.717, 1.165) is 0 Å². The lowest BCUT2D eigenvalue weighted by Gasteiger charge is -2.44. The van der Waals surface area contributed by atoms with Crippen molar-refractivity contribution in [2.75, 3.05) is 13.1 Å². The Kier molecular flexibility index (Phi) is 3.52. The van der Waals surface area contributed by atoms with Gasteiger partial charge >= 0.3 is 0 Å². The summed E-state index contributed by atoms with van der Waals surface area (Å²) in [5, 5.41) is 3.54. The smallest absolute Gasteiger partial charge is 0.0496 e. The highest BCUT2D eigenvalue weighted by Gasteiger charge is 2.46. The third kappa shape index (κ3) is 2.14. The first-order chi connectivity index (χ1) is 10.3. The van der Waals surface area contributed by atoms with Gasteiger partial charge in [-0.15, -0.1) is 11.3 Å². The minimum atomic E-state index is 0.153. The summed E-state index contributed by atoms with van der Waals surface area (Å²) >= 11 is 1.84. The van der Waals surface area contributed by atoms with E-state index in [1.807, 2.05) is 11.3 Å². The molecule has 1 saturated heterocycles. The van der Waals surface area contributed by atoms with Crippen LogP contribution in [0.1, 0.15) is 50.1 Å². The zero-order valence-electron chi connectivity index (χ0n) is 12.6. The Morgan fingerprint density at radius 2 is 1.81 bits per heavy atom. The van der Waals surface area contributed by atoms with Gasteiger partial charge in [-0.1, -0.05) is 31.0 Å². The molecule has 1 aromatic heterocycles. The van der Waals surface area contributed by atoms with Gasteiger partial charge in [0.1, 0.15) is 0 Å². The average molecular weight is 300 g/mol. The van der Waals surface area contributed by atoms with Crippen LogP contribution in [-0.2, 0) is 0 Å². The molecule has 1 aromatic carbocycles. The second-order valence-corrected chi connectivity index (χ2v) is 7.58. The van der Waals surface area contributed by atoms with Gasteiger partial charge in [0.05, 0.1) is 0 Å². The van der Waals surface area contributed by atoms with Crippen molar-refractivity contribution in [3.8, 4) is 0 Å². The molecular weight excluding hydrogens is 276 g/mol. The maximum atomic E-state index is 6.91. The molecule has 0 amide bonds. The molecule has 4 rings (SSSR count). The SMILES string of the molecule is NC(c1cccc2ccsc12)C1(N2CCCC2)CCCC1. The Morgan fingerprint density at radius 1 is 1.05 bits per heavy atom. The zero-order valence-corrected chi connectivity index (χ0v) is 13.4. The van der Waals surface area contributed by atoms with Crippen molar-refractivity contribution in [1.82, 2.24) is 4.90 Å². The van der Waals surface area contributed by atoms with Crippen molar-refractivity contribution in [3.63, 3.8) is 0 Å². The van der Waals surface area contributed by atoms with Crippen LogP contribution in [0.2, 0.25) is 0 Å². The van der Waals surface area contributed by atoms with Crippen molar-refractivity contribution < 1.29 is 0 Å². The normalized spacial score (nSPS) is 23.9. The van der Waals surface area contributed by atoms with E-state index in [-0.39, 0.29) is 11.6 Å². The Labute approximate surface area is 130 Å². The molecule has 1 unspecified atom stereocenters. The van der Waals surface area contributed by atoms with Crippen LogP contribution in [-0.4, -0.2) is 23.5 Å². The Balaban J connectivity index is 1.77. The summed E-state index contributed by atoms with van der Waals surface area (Å²) in [5.41, 5.74) is 8.49. The van der Waals surface area contributed by atoms with E-state index in [4.69, 9.17) is 5.73 Å². The summed E-state index contributed by atoms with van der Waals surface area (Å²) in [6.07, 6.45) is 7.91. The summed E-state index contributed by atoms with van der Waals surface area (Å²) < 4.78 is 1.40. The summed E-state index contributed by atoms with van der Waals surface area (Å²) in [5.74, 6) is 0. The van der Waals surface area contributed by atoms with E-state index in [9.17, 15) is 0 Å². The molecule has 1 aliphatic carbocycles. The molecule has 1 aliphatic heterocycles. The molecule has 112 valence electrons. The van der Waals surface area contributed by atoms with Crippen molar-refractivity contribution in [2.45, 2.75) is 50.1 Å². The summed E-state index contributed by atoms with van der Waals surface area (Å²) in [6.45, 7) is 2.49. The van der Waals surface area contributed by atoms with Crippen LogP contribution in [0.3, 0.4) is 0 Å². The number of thiophene rings is 1. The molecule has 2 heterocycles. The Hall–Kier alpha value is -0.900. The molecular formula is C18H24N2S. The van der Waals surface area contributed by atoms with Gasteiger partial charge in [-0.3, -0.25) is 4.90 Å². The van der Waals surface area contributed by atoms with Crippen molar-refractivity contribution in [2.24, 2.45) is 5.73 Å². The van der Waals surface area contributed by atoms with E-state index in [0.29, 0.717) is 0 Å². The molecule has 2 aromatic rings. The maximum absolute atomic E-state index is 6.91. The molecule has 3 heteroatoms. The number of likely N-dealkylation sites (tertiary alicyclic amines) is 1. The number of nitrogens with two attached hydrogens (primary N) is 1. The highest BCUT2D eigenvalue weighted by Crippen LogP contribution is 2.46. The van der Waals surface area contributed by atoms with Crippen molar-refractivity contribution in [1.29, 1.82) is 0 Å². The van der Waals surface area contributed by atoms with E-state index in [2.05, 4.69) is 34.5 Å². The van der Waals surface area contributed by atoms with Gasteiger partial charge in [0.15, 0.2) is 0 Å². The van der Waals surface area contributed by atoms with Crippen LogP contribution in [0.15, 0.2) is 29.6 Å².